The Morgan fingerprint density at radius 1 is 1.17 bits per heavy atom. The molecule has 4 aromatic rings. The van der Waals surface area contributed by atoms with E-state index in [1.807, 2.05) is 49.1 Å². The van der Waals surface area contributed by atoms with Crippen molar-refractivity contribution in [1.29, 1.82) is 0 Å². The number of aryl methyl sites for hydroxylation is 2. The highest BCUT2D eigenvalue weighted by Crippen LogP contribution is 2.36. The number of aromatic amines is 1. The Morgan fingerprint density at radius 3 is 2.74 bits per heavy atom. The molecule has 2 aromatic carbocycles. The molecule has 0 saturated carbocycles. The minimum Gasteiger partial charge on any atom is -0.491 e. The number of amides is 1. The number of likely N-dealkylation sites (tertiary alicyclic amines) is 1. The molecule has 0 bridgehead atoms. The average molecular weight is 571 g/mol. The number of imidazole rings is 1. The third-order valence-electron chi connectivity index (χ3n) is 8.30. The van der Waals surface area contributed by atoms with Gasteiger partial charge in [0.15, 0.2) is 0 Å². The number of nitrogens with one attached hydrogen (secondary N) is 2. The van der Waals surface area contributed by atoms with Crippen LogP contribution in [0.2, 0.25) is 0 Å². The molecule has 1 atom stereocenters. The van der Waals surface area contributed by atoms with Crippen LogP contribution in [-0.4, -0.2) is 88.3 Å². The summed E-state index contributed by atoms with van der Waals surface area (Å²) in [5, 5.41) is 14.0. The minimum absolute atomic E-state index is 0.0874. The smallest absolute Gasteiger partial charge is 0.254 e. The number of hydrogen-bond donors (Lipinski definition) is 3. The Hall–Kier alpha value is -4.15. The number of pyridine rings is 1. The fourth-order valence-corrected chi connectivity index (χ4v) is 5.97. The number of H-pyrrole nitrogens is 1. The Labute approximate surface area is 245 Å². The van der Waals surface area contributed by atoms with Crippen molar-refractivity contribution < 1.29 is 19.4 Å². The molecule has 0 radical (unpaired) electrons. The number of hydrogen-bond acceptors (Lipinski definition) is 8. The first-order chi connectivity index (χ1) is 20.3. The predicted molar refractivity (Wildman–Crippen MR) is 162 cm³/mol. The number of carbonyl (C=O) groups is 1. The molecule has 10 nitrogen and oxygen atoms in total. The monoisotopic (exact) mass is 570 g/mol. The van der Waals surface area contributed by atoms with Gasteiger partial charge in [-0.05, 0) is 82.2 Å². The predicted octanol–water partition coefficient (Wildman–Crippen LogP) is 4.15. The Balaban J connectivity index is 1.19. The van der Waals surface area contributed by atoms with Gasteiger partial charge in [0.25, 0.3) is 5.91 Å². The number of aliphatic hydroxyl groups is 1. The molecule has 1 saturated heterocycles. The lowest BCUT2D eigenvalue weighted by Crippen LogP contribution is -2.43. The van der Waals surface area contributed by atoms with Gasteiger partial charge in [0.2, 0.25) is 5.88 Å². The molecule has 2 aliphatic rings. The Bertz CT molecular complexity index is 1610. The van der Waals surface area contributed by atoms with Crippen LogP contribution >= 0.6 is 0 Å². The van der Waals surface area contributed by atoms with Crippen LogP contribution in [-0.2, 0) is 6.54 Å². The fraction of sp³-hybridized carbons (Fsp3) is 0.406. The number of benzene rings is 2. The molecule has 2 aliphatic heterocycles. The van der Waals surface area contributed by atoms with Crippen molar-refractivity contribution in [3.05, 3.63) is 64.8 Å². The van der Waals surface area contributed by atoms with Gasteiger partial charge in [-0.15, -0.1) is 0 Å². The molecule has 0 spiro atoms. The Morgan fingerprint density at radius 2 is 1.98 bits per heavy atom. The summed E-state index contributed by atoms with van der Waals surface area (Å²) in [6, 6.07) is 12.0. The molecule has 4 heterocycles. The molecule has 1 unspecified atom stereocenters. The van der Waals surface area contributed by atoms with E-state index < -0.39 is 6.10 Å². The number of rotatable bonds is 9. The summed E-state index contributed by atoms with van der Waals surface area (Å²) in [6.45, 7) is 7.07. The van der Waals surface area contributed by atoms with Gasteiger partial charge in [0.1, 0.15) is 29.8 Å². The van der Waals surface area contributed by atoms with E-state index in [2.05, 4.69) is 33.3 Å². The van der Waals surface area contributed by atoms with Gasteiger partial charge >= 0.3 is 0 Å². The third-order valence-corrected chi connectivity index (χ3v) is 8.30. The van der Waals surface area contributed by atoms with Crippen LogP contribution in [0.25, 0.3) is 22.4 Å². The maximum absolute atomic E-state index is 13.4. The maximum Gasteiger partial charge on any atom is 0.254 e. The summed E-state index contributed by atoms with van der Waals surface area (Å²) in [5.41, 5.74) is 6.86. The third kappa shape index (κ3) is 5.52. The van der Waals surface area contributed by atoms with Crippen LogP contribution in [0, 0.1) is 13.8 Å². The molecule has 10 heteroatoms. The highest BCUT2D eigenvalue weighted by atomic mass is 16.5. The normalized spacial score (nSPS) is 16.6. The van der Waals surface area contributed by atoms with Crippen molar-refractivity contribution in [2.24, 2.45) is 0 Å². The zero-order valence-corrected chi connectivity index (χ0v) is 24.6. The second-order valence-electron chi connectivity index (χ2n) is 11.4. The quantitative estimate of drug-likeness (QED) is 0.275. The van der Waals surface area contributed by atoms with E-state index in [0.717, 1.165) is 59.5 Å². The molecule has 0 aliphatic carbocycles. The molecule has 3 N–H and O–H groups in total. The highest BCUT2D eigenvalue weighted by molar-refractivity contribution is 6.02. The van der Waals surface area contributed by atoms with Crippen molar-refractivity contribution in [2.45, 2.75) is 45.4 Å². The lowest BCUT2D eigenvalue weighted by atomic mass is 10.0. The van der Waals surface area contributed by atoms with E-state index in [4.69, 9.17) is 14.5 Å². The maximum atomic E-state index is 13.4. The molecular formula is C32H38N6O4. The summed E-state index contributed by atoms with van der Waals surface area (Å²) in [4.78, 5) is 30.4. The van der Waals surface area contributed by atoms with Crippen LogP contribution < -0.4 is 14.8 Å². The van der Waals surface area contributed by atoms with Crippen molar-refractivity contribution >= 4 is 22.6 Å². The van der Waals surface area contributed by atoms with Gasteiger partial charge in [-0.25, -0.2) is 9.97 Å². The van der Waals surface area contributed by atoms with E-state index in [1.54, 1.807) is 13.3 Å². The molecule has 6 rings (SSSR count). The van der Waals surface area contributed by atoms with Crippen LogP contribution in [0.5, 0.6) is 11.6 Å². The van der Waals surface area contributed by atoms with Gasteiger partial charge in [0.05, 0.1) is 23.8 Å². The van der Waals surface area contributed by atoms with Crippen LogP contribution in [0.3, 0.4) is 0 Å². The largest absolute Gasteiger partial charge is 0.491 e. The molecule has 220 valence electrons. The number of piperidine rings is 1. The lowest BCUT2D eigenvalue weighted by molar-refractivity contribution is 0.0617. The van der Waals surface area contributed by atoms with E-state index in [9.17, 15) is 9.90 Å². The summed E-state index contributed by atoms with van der Waals surface area (Å²) in [5.74, 6) is 1.82. The summed E-state index contributed by atoms with van der Waals surface area (Å²) < 4.78 is 11.5. The number of aliphatic hydroxyl groups excluding tert-OH is 1. The molecule has 1 amide bonds. The fourth-order valence-electron chi connectivity index (χ4n) is 5.97. The van der Waals surface area contributed by atoms with Crippen molar-refractivity contribution in [3.63, 3.8) is 0 Å². The van der Waals surface area contributed by atoms with Crippen LogP contribution in [0.1, 0.15) is 39.9 Å². The molecule has 1 fully saturated rings. The SMILES string of the molecule is COc1nccc(NCC(O)COc2ccc(C)cc2C)c1-c1nc2cc3c(cc2[nH]1)CN(C1CCN(C)CC1)C3=O. The van der Waals surface area contributed by atoms with Crippen LogP contribution in [0.4, 0.5) is 5.69 Å². The van der Waals surface area contributed by atoms with Gasteiger partial charge in [0, 0.05) is 30.9 Å². The number of anilines is 1. The number of methoxy groups -OCH3 is 1. The first kappa shape index (κ1) is 28.0. The minimum atomic E-state index is -0.755. The number of aromatic nitrogens is 3. The first-order valence-electron chi connectivity index (χ1n) is 14.5. The van der Waals surface area contributed by atoms with Gasteiger partial charge < -0.3 is 34.7 Å². The zero-order valence-electron chi connectivity index (χ0n) is 24.6. The van der Waals surface area contributed by atoms with Crippen molar-refractivity contribution in [2.75, 3.05) is 45.7 Å². The molecule has 2 aromatic heterocycles. The summed E-state index contributed by atoms with van der Waals surface area (Å²) >= 11 is 0. The van der Waals surface area contributed by atoms with E-state index in [-0.39, 0.29) is 25.1 Å². The number of carbonyl (C=O) groups excluding carboxylic acids is 1. The summed E-state index contributed by atoms with van der Waals surface area (Å²) in [6.07, 6.45) is 2.89. The standard InChI is InChI=1S/C32H38N6O4/c1-19-5-6-28(20(2)13-19)42-18-23(39)16-34-25-7-10-33-31(41-4)29(25)30-35-26-14-21-17-38(22-8-11-37(3)12-9-22)32(40)24(21)15-27(26)36-30/h5-7,10,13-15,22-23,39H,8-9,11-12,16-18H2,1-4H3,(H,33,34)(H,35,36). The second-order valence-corrected chi connectivity index (χ2v) is 11.4. The zero-order chi connectivity index (χ0) is 29.4. The Kier molecular flexibility index (Phi) is 7.74. The topological polar surface area (TPSA) is 116 Å². The van der Waals surface area contributed by atoms with Crippen molar-refractivity contribution in [3.8, 4) is 23.0 Å². The second kappa shape index (κ2) is 11.6. The average Bonchev–Trinajstić information content (AvgIpc) is 3.54. The van der Waals surface area contributed by atoms with Gasteiger partial charge in [-0.2, -0.15) is 0 Å². The lowest BCUT2D eigenvalue weighted by Gasteiger charge is -2.34. The number of fused-ring (bicyclic) bond motifs is 2. The van der Waals surface area contributed by atoms with E-state index in [0.29, 0.717) is 35.0 Å². The van der Waals surface area contributed by atoms with E-state index >= 15 is 0 Å². The van der Waals surface area contributed by atoms with Gasteiger partial charge in [-0.1, -0.05) is 17.7 Å². The highest BCUT2D eigenvalue weighted by Gasteiger charge is 2.34. The van der Waals surface area contributed by atoms with Crippen LogP contribution in [0.15, 0.2) is 42.6 Å². The number of nitrogens with zero attached hydrogens (tertiary/aromatic N) is 4. The van der Waals surface area contributed by atoms with Crippen molar-refractivity contribution in [1.82, 2.24) is 24.8 Å². The van der Waals surface area contributed by atoms with Gasteiger partial charge in [-0.3, -0.25) is 4.79 Å². The van der Waals surface area contributed by atoms with E-state index in [1.165, 1.54) is 0 Å². The number of ether oxygens (including phenoxy) is 2. The summed E-state index contributed by atoms with van der Waals surface area (Å²) in [7, 11) is 3.69. The molecular weight excluding hydrogens is 532 g/mol. The molecule has 42 heavy (non-hydrogen) atoms. The first-order valence-corrected chi connectivity index (χ1v) is 14.5.